The molecule has 10 nitrogen and oxygen atoms in total. The van der Waals surface area contributed by atoms with Crippen LogP contribution in [0.4, 0.5) is 16.2 Å². The molecule has 3 amide bonds. The molecular formula is C26H33ClN6O4. The molecule has 2 aliphatic rings. The third-order valence-electron chi connectivity index (χ3n) is 6.93. The van der Waals surface area contributed by atoms with Crippen LogP contribution in [0.5, 0.6) is 0 Å². The Labute approximate surface area is 220 Å². The lowest BCUT2D eigenvalue weighted by atomic mass is 9.81. The van der Waals surface area contributed by atoms with Crippen LogP contribution in [0, 0.1) is 11.8 Å². The molecule has 1 aromatic heterocycles. The summed E-state index contributed by atoms with van der Waals surface area (Å²) >= 11 is 6.58. The molecule has 1 aliphatic heterocycles. The van der Waals surface area contributed by atoms with Gasteiger partial charge >= 0.3 is 6.09 Å². The van der Waals surface area contributed by atoms with E-state index < -0.39 is 12.1 Å². The first-order valence-corrected chi connectivity index (χ1v) is 13.0. The number of hydrogen-bond acceptors (Lipinski definition) is 6. The Hall–Kier alpha value is -3.37. The van der Waals surface area contributed by atoms with Gasteiger partial charge in [-0.1, -0.05) is 23.8 Å². The van der Waals surface area contributed by atoms with Gasteiger partial charge in [0.25, 0.3) is 0 Å². The maximum Gasteiger partial charge on any atom is 0.411 e. The van der Waals surface area contributed by atoms with Crippen molar-refractivity contribution in [1.82, 2.24) is 15.3 Å². The molecule has 1 saturated carbocycles. The van der Waals surface area contributed by atoms with Gasteiger partial charge in [0.1, 0.15) is 16.7 Å². The van der Waals surface area contributed by atoms with E-state index in [2.05, 4.69) is 25.7 Å². The normalized spacial score (nSPS) is 22.8. The van der Waals surface area contributed by atoms with Crippen LogP contribution in [0.2, 0.25) is 5.15 Å². The van der Waals surface area contributed by atoms with E-state index in [0.717, 1.165) is 25.7 Å². The van der Waals surface area contributed by atoms with Crippen molar-refractivity contribution in [3.8, 4) is 11.3 Å². The number of carbonyl (C=O) groups is 3. The van der Waals surface area contributed by atoms with E-state index in [1.165, 1.54) is 7.11 Å². The zero-order chi connectivity index (χ0) is 26.4. The highest BCUT2D eigenvalue weighted by atomic mass is 35.5. The number of allylic oxidation sites excluding steroid dienone is 1. The monoisotopic (exact) mass is 528 g/mol. The van der Waals surface area contributed by atoms with E-state index in [9.17, 15) is 14.4 Å². The van der Waals surface area contributed by atoms with Gasteiger partial charge in [-0.05, 0) is 69.2 Å². The summed E-state index contributed by atoms with van der Waals surface area (Å²) < 4.78 is 4.66. The summed E-state index contributed by atoms with van der Waals surface area (Å²) in [5.74, 6) is 0.781. The number of benzene rings is 1. The second kappa shape index (κ2) is 12.2. The minimum absolute atomic E-state index is 0.00281. The van der Waals surface area contributed by atoms with E-state index in [1.807, 2.05) is 12.2 Å². The first-order chi connectivity index (χ1) is 17.9. The molecule has 37 heavy (non-hydrogen) atoms. The number of halogens is 1. The maximum absolute atomic E-state index is 13.1. The van der Waals surface area contributed by atoms with E-state index in [-0.39, 0.29) is 29.3 Å². The smallest absolute Gasteiger partial charge is 0.411 e. The first kappa shape index (κ1) is 26.7. The number of ether oxygens (including phenoxy) is 1. The summed E-state index contributed by atoms with van der Waals surface area (Å²) in [6.45, 7) is 0.661. The highest BCUT2D eigenvalue weighted by Gasteiger charge is 2.29. The fraction of sp³-hybridized carbons (Fsp3) is 0.462. The predicted molar refractivity (Wildman–Crippen MR) is 142 cm³/mol. The number of nitrogens with zero attached hydrogens (tertiary/aromatic N) is 1. The second-order valence-electron chi connectivity index (χ2n) is 9.47. The summed E-state index contributed by atoms with van der Waals surface area (Å²) in [5.41, 5.74) is 7.70. The van der Waals surface area contributed by atoms with Crippen LogP contribution >= 0.6 is 11.6 Å². The van der Waals surface area contributed by atoms with Crippen LogP contribution in [-0.2, 0) is 14.3 Å². The van der Waals surface area contributed by atoms with Gasteiger partial charge in [0, 0.05) is 23.6 Å². The number of H-pyrrole nitrogens is 1. The molecule has 198 valence electrons. The van der Waals surface area contributed by atoms with Crippen molar-refractivity contribution in [2.45, 2.75) is 51.0 Å². The predicted octanol–water partition coefficient (Wildman–Crippen LogP) is 4.51. The molecule has 1 atom stereocenters. The van der Waals surface area contributed by atoms with Gasteiger partial charge in [-0.2, -0.15) is 0 Å². The number of amides is 3. The minimum Gasteiger partial charge on any atom is -0.453 e. The number of anilines is 2. The molecule has 2 heterocycles. The molecule has 1 aliphatic carbocycles. The summed E-state index contributed by atoms with van der Waals surface area (Å²) in [4.78, 5) is 45.3. The number of nitrogens with two attached hydrogens (primary N) is 1. The van der Waals surface area contributed by atoms with Gasteiger partial charge in [0.2, 0.25) is 11.8 Å². The number of aromatic nitrogens is 2. The molecular weight excluding hydrogens is 496 g/mol. The zero-order valence-electron chi connectivity index (χ0n) is 20.8. The molecule has 2 bridgehead atoms. The first-order valence-electron chi connectivity index (χ1n) is 12.6. The number of hydrogen-bond donors (Lipinski definition) is 5. The maximum atomic E-state index is 13.1. The molecule has 0 unspecified atom stereocenters. The largest absolute Gasteiger partial charge is 0.453 e. The van der Waals surface area contributed by atoms with Crippen LogP contribution in [0.25, 0.3) is 11.3 Å². The van der Waals surface area contributed by atoms with E-state index in [4.69, 9.17) is 22.3 Å². The quantitative estimate of drug-likeness (QED) is 0.368. The van der Waals surface area contributed by atoms with Crippen LogP contribution < -0.4 is 21.7 Å². The molecule has 0 spiro atoms. The Balaban J connectivity index is 1.63. The van der Waals surface area contributed by atoms with Crippen molar-refractivity contribution >= 4 is 40.9 Å². The molecule has 0 saturated heterocycles. The molecule has 2 aromatic rings. The summed E-state index contributed by atoms with van der Waals surface area (Å²) in [6, 6.07) is 4.61. The highest BCUT2D eigenvalue weighted by molar-refractivity contribution is 6.32. The van der Waals surface area contributed by atoms with Gasteiger partial charge in [-0.3, -0.25) is 14.9 Å². The number of fused-ring (bicyclic) bond motifs is 4. The second-order valence-corrected chi connectivity index (χ2v) is 9.85. The third-order valence-corrected chi connectivity index (χ3v) is 7.21. The topological polar surface area (TPSA) is 151 Å². The van der Waals surface area contributed by atoms with Gasteiger partial charge in [-0.15, -0.1) is 0 Å². The van der Waals surface area contributed by atoms with Crippen molar-refractivity contribution in [2.75, 3.05) is 24.3 Å². The summed E-state index contributed by atoms with van der Waals surface area (Å²) in [7, 11) is 1.27. The highest BCUT2D eigenvalue weighted by Crippen LogP contribution is 2.36. The number of rotatable bonds is 4. The van der Waals surface area contributed by atoms with E-state index in [0.29, 0.717) is 53.8 Å². The van der Waals surface area contributed by atoms with E-state index in [1.54, 1.807) is 18.2 Å². The standard InChI is InChI=1S/C26H33ClN6O4/c1-37-26(36)29-17-11-12-18-20(13-17)30-21(34)6-4-2-3-5-19(24-32-22(18)23(27)33-24)31-25(35)16-9-7-15(14-28)8-10-16/h2-3,11-13,15-16,19H,4-10,14,28H2,1H3,(H,29,36)(H,30,34)(H,31,35)(H,32,33)/b3-2-/t15?,16?,19-/m0/s1. The number of carbonyl (C=O) groups excluding carboxylic acids is 3. The van der Waals surface area contributed by atoms with Crippen LogP contribution in [0.15, 0.2) is 30.4 Å². The lowest BCUT2D eigenvalue weighted by Crippen LogP contribution is -2.36. The number of nitrogens with one attached hydrogen (secondary N) is 4. The summed E-state index contributed by atoms with van der Waals surface area (Å²) in [6.07, 6.45) is 8.11. The molecule has 1 fully saturated rings. The van der Waals surface area contributed by atoms with Gasteiger partial charge in [0.15, 0.2) is 0 Å². The molecule has 11 heteroatoms. The number of methoxy groups -OCH3 is 1. The minimum atomic E-state index is -0.628. The number of imidazole rings is 1. The fourth-order valence-corrected chi connectivity index (χ4v) is 5.02. The number of aromatic amines is 1. The van der Waals surface area contributed by atoms with Crippen molar-refractivity contribution in [2.24, 2.45) is 17.6 Å². The summed E-state index contributed by atoms with van der Waals surface area (Å²) in [5, 5.41) is 8.93. The van der Waals surface area contributed by atoms with Crippen LogP contribution in [0.3, 0.4) is 0 Å². The SMILES string of the molecule is COC(=O)Nc1ccc2c(c1)NC(=O)CC/C=C\C[C@H](NC(=O)C1CCC(CN)CC1)c1nc-2c(Cl)[nH]1. The molecule has 4 rings (SSSR count). The molecule has 6 N–H and O–H groups in total. The lowest BCUT2D eigenvalue weighted by Gasteiger charge is -2.28. The van der Waals surface area contributed by atoms with E-state index >= 15 is 0 Å². The van der Waals surface area contributed by atoms with Crippen LogP contribution in [-0.4, -0.2) is 41.5 Å². The Morgan fingerprint density at radius 1 is 1.22 bits per heavy atom. The third kappa shape index (κ3) is 6.69. The Morgan fingerprint density at radius 2 is 2.00 bits per heavy atom. The van der Waals surface area contributed by atoms with Crippen molar-refractivity contribution in [3.05, 3.63) is 41.3 Å². The van der Waals surface area contributed by atoms with Gasteiger partial charge in [-0.25, -0.2) is 9.78 Å². The van der Waals surface area contributed by atoms with Crippen molar-refractivity contribution in [3.63, 3.8) is 0 Å². The molecule has 1 aromatic carbocycles. The Bertz CT molecular complexity index is 1170. The Kier molecular flexibility index (Phi) is 8.83. The van der Waals surface area contributed by atoms with Crippen molar-refractivity contribution in [1.29, 1.82) is 0 Å². The lowest BCUT2D eigenvalue weighted by molar-refractivity contribution is -0.127. The fourth-order valence-electron chi connectivity index (χ4n) is 4.78. The van der Waals surface area contributed by atoms with Crippen molar-refractivity contribution < 1.29 is 19.1 Å². The zero-order valence-corrected chi connectivity index (χ0v) is 21.6. The van der Waals surface area contributed by atoms with Crippen LogP contribution in [0.1, 0.15) is 56.8 Å². The average molecular weight is 529 g/mol. The Morgan fingerprint density at radius 3 is 2.73 bits per heavy atom. The molecule has 0 radical (unpaired) electrons. The average Bonchev–Trinajstić information content (AvgIpc) is 3.28. The van der Waals surface area contributed by atoms with Gasteiger partial charge < -0.3 is 26.1 Å². The van der Waals surface area contributed by atoms with Gasteiger partial charge in [0.05, 0.1) is 18.8 Å².